The molecule has 2 rings (SSSR count). The monoisotopic (exact) mass is 674 g/mol. The Labute approximate surface area is 282 Å². The molecule has 11 heteroatoms. The summed E-state index contributed by atoms with van der Waals surface area (Å²) in [6, 6.07) is 7.76. The number of carbonyl (C=O) groups is 3. The quantitative estimate of drug-likeness (QED) is 0.151. The number of pyridine rings is 1. The van der Waals surface area contributed by atoms with E-state index in [4.69, 9.17) is 0 Å². The summed E-state index contributed by atoms with van der Waals surface area (Å²) in [6.07, 6.45) is 3.89. The van der Waals surface area contributed by atoms with Crippen LogP contribution in [0.15, 0.2) is 36.5 Å². The lowest BCUT2D eigenvalue weighted by atomic mass is 9.90. The summed E-state index contributed by atoms with van der Waals surface area (Å²) in [7, 11) is -3.53. The molecule has 1 heterocycles. The highest BCUT2D eigenvalue weighted by Gasteiger charge is 2.33. The van der Waals surface area contributed by atoms with E-state index in [1.807, 2.05) is 65.8 Å². The topological polar surface area (TPSA) is 155 Å². The number of hydrogen-bond acceptors (Lipinski definition) is 7. The second-order valence-electron chi connectivity index (χ2n) is 13.6. The van der Waals surface area contributed by atoms with Gasteiger partial charge in [0, 0.05) is 29.8 Å². The number of aliphatic hydroxyl groups excluding tert-OH is 1. The average molecular weight is 675 g/mol. The van der Waals surface area contributed by atoms with E-state index in [1.165, 1.54) is 0 Å². The molecule has 1 aromatic heterocycles. The molecule has 4 N–H and O–H groups in total. The molecule has 10 nitrogen and oxygen atoms in total. The van der Waals surface area contributed by atoms with E-state index >= 15 is 0 Å². The molecule has 1 unspecified atom stereocenters. The van der Waals surface area contributed by atoms with Crippen molar-refractivity contribution in [2.24, 2.45) is 23.7 Å². The third-order valence-corrected chi connectivity index (χ3v) is 10.3. The van der Waals surface area contributed by atoms with Gasteiger partial charge in [-0.05, 0) is 61.6 Å². The minimum atomic E-state index is -3.53. The molecule has 264 valence electrons. The Bertz CT molecular complexity index is 1390. The van der Waals surface area contributed by atoms with Gasteiger partial charge < -0.3 is 21.1 Å². The third kappa shape index (κ3) is 13.5. The van der Waals surface area contributed by atoms with E-state index in [0.717, 1.165) is 22.9 Å². The number of carbonyl (C=O) groups excluding carboxylic acids is 3. The van der Waals surface area contributed by atoms with Gasteiger partial charge in [-0.1, -0.05) is 79.5 Å². The fraction of sp³-hybridized carbons (Fsp3) is 0.667. The van der Waals surface area contributed by atoms with E-state index < -0.39 is 51.7 Å². The molecule has 3 amide bonds. The third-order valence-electron chi connectivity index (χ3n) is 8.54. The molecule has 47 heavy (non-hydrogen) atoms. The molecule has 0 bridgehead atoms. The number of fused-ring (bicyclic) bond motifs is 1. The summed E-state index contributed by atoms with van der Waals surface area (Å²) >= 11 is 0. The molecule has 0 aliphatic rings. The number of rotatable bonds is 21. The molecule has 0 saturated heterocycles. The van der Waals surface area contributed by atoms with Gasteiger partial charge in [-0.2, -0.15) is 0 Å². The number of nitrogens with one attached hydrogen (secondary N) is 3. The number of benzene rings is 1. The van der Waals surface area contributed by atoms with Crippen LogP contribution in [-0.2, 0) is 30.6 Å². The smallest absolute Gasteiger partial charge is 0.242 e. The van der Waals surface area contributed by atoms with Crippen molar-refractivity contribution in [2.75, 3.05) is 18.1 Å². The molecule has 2 aromatic rings. The first kappa shape index (κ1) is 40.1. The molecule has 0 aliphatic heterocycles. The largest absolute Gasteiger partial charge is 0.391 e. The van der Waals surface area contributed by atoms with Crippen LogP contribution in [0.3, 0.4) is 0 Å². The summed E-state index contributed by atoms with van der Waals surface area (Å²) in [5.41, 5.74) is 1.56. The number of sulfone groups is 1. The Balaban J connectivity index is 2.30. The summed E-state index contributed by atoms with van der Waals surface area (Å²) in [6.45, 7) is 14.0. The van der Waals surface area contributed by atoms with Crippen LogP contribution < -0.4 is 16.0 Å². The predicted octanol–water partition coefficient (Wildman–Crippen LogP) is 4.58. The van der Waals surface area contributed by atoms with E-state index in [2.05, 4.69) is 20.9 Å². The normalized spacial score (nSPS) is 15.2. The van der Waals surface area contributed by atoms with Crippen molar-refractivity contribution in [3.8, 4) is 0 Å². The van der Waals surface area contributed by atoms with Crippen molar-refractivity contribution >= 4 is 38.5 Å². The standard InChI is InChI=1S/C36H58N4O6S/c1-8-11-15-31(36(44)40-32(19-24(4)5)33(41)21-26(9-2)34(42)38-22-25(6)7)39-35(43)28(23-47(45,46)10-3)20-27-17-18-37-30-16-13-12-14-29(27)30/h12-14,16-18,24-26,28,31-33,41H,8-11,15,19-23H2,1-7H3,(H,38,42)(H,39,43)(H,40,44)/t26?,28-,31+,32+,33+/m1/s1. The number of aromatic nitrogens is 1. The first-order chi connectivity index (χ1) is 22.2. The Morgan fingerprint density at radius 2 is 1.57 bits per heavy atom. The van der Waals surface area contributed by atoms with Gasteiger partial charge in [-0.25, -0.2) is 8.42 Å². The Morgan fingerprint density at radius 3 is 2.19 bits per heavy atom. The van der Waals surface area contributed by atoms with Gasteiger partial charge in [0.1, 0.15) is 6.04 Å². The van der Waals surface area contributed by atoms with Gasteiger partial charge in [0.25, 0.3) is 0 Å². The fourth-order valence-electron chi connectivity index (χ4n) is 5.68. The van der Waals surface area contributed by atoms with Gasteiger partial charge >= 0.3 is 0 Å². The second kappa shape index (κ2) is 19.7. The molecular weight excluding hydrogens is 616 g/mol. The molecule has 0 aliphatic carbocycles. The minimum absolute atomic E-state index is 0.101. The predicted molar refractivity (Wildman–Crippen MR) is 188 cm³/mol. The van der Waals surface area contributed by atoms with Crippen LogP contribution in [0.4, 0.5) is 0 Å². The lowest BCUT2D eigenvalue weighted by Gasteiger charge is -2.30. The summed E-state index contributed by atoms with van der Waals surface area (Å²) in [4.78, 5) is 44.9. The average Bonchev–Trinajstić information content (AvgIpc) is 3.03. The zero-order chi connectivity index (χ0) is 35.1. The van der Waals surface area contributed by atoms with E-state index in [-0.39, 0.29) is 36.2 Å². The maximum Gasteiger partial charge on any atom is 0.242 e. The molecule has 1 aromatic carbocycles. The van der Waals surface area contributed by atoms with Crippen molar-refractivity contribution in [2.45, 2.75) is 112 Å². The Kier molecular flexibility index (Phi) is 16.8. The Morgan fingerprint density at radius 1 is 0.872 bits per heavy atom. The maximum absolute atomic E-state index is 13.9. The molecule has 0 radical (unpaired) electrons. The fourth-order valence-corrected chi connectivity index (χ4v) is 6.80. The summed E-state index contributed by atoms with van der Waals surface area (Å²) < 4.78 is 25.6. The maximum atomic E-state index is 13.9. The highest BCUT2D eigenvalue weighted by Crippen LogP contribution is 2.22. The lowest BCUT2D eigenvalue weighted by Crippen LogP contribution is -2.54. The van der Waals surface area contributed by atoms with Crippen LogP contribution in [0, 0.1) is 23.7 Å². The molecule has 0 saturated carbocycles. The van der Waals surface area contributed by atoms with E-state index in [0.29, 0.717) is 38.1 Å². The van der Waals surface area contributed by atoms with Crippen LogP contribution in [-0.4, -0.2) is 72.5 Å². The van der Waals surface area contributed by atoms with Crippen molar-refractivity contribution in [3.05, 3.63) is 42.1 Å². The number of para-hydroxylation sites is 1. The molecule has 0 spiro atoms. The molecule has 0 fully saturated rings. The van der Waals surface area contributed by atoms with Crippen LogP contribution >= 0.6 is 0 Å². The van der Waals surface area contributed by atoms with Crippen LogP contribution in [0.1, 0.15) is 92.6 Å². The lowest BCUT2D eigenvalue weighted by molar-refractivity contribution is -0.132. The van der Waals surface area contributed by atoms with Gasteiger partial charge in [0.15, 0.2) is 9.84 Å². The molecular formula is C36H58N4O6S. The number of nitrogens with zero attached hydrogens (tertiary/aromatic N) is 1. The van der Waals surface area contributed by atoms with E-state index in [1.54, 1.807) is 19.2 Å². The number of unbranched alkanes of at least 4 members (excludes halogenated alkanes) is 1. The Hall–Kier alpha value is -3.05. The van der Waals surface area contributed by atoms with Crippen molar-refractivity contribution < 1.29 is 27.9 Å². The summed E-state index contributed by atoms with van der Waals surface area (Å²) in [5.74, 6) is -2.38. The highest BCUT2D eigenvalue weighted by molar-refractivity contribution is 7.91. The molecule has 5 atom stereocenters. The highest BCUT2D eigenvalue weighted by atomic mass is 32.2. The van der Waals surface area contributed by atoms with Gasteiger partial charge in [0.2, 0.25) is 17.7 Å². The van der Waals surface area contributed by atoms with E-state index in [9.17, 15) is 27.9 Å². The second-order valence-corrected chi connectivity index (χ2v) is 16.0. The van der Waals surface area contributed by atoms with Crippen molar-refractivity contribution in [3.63, 3.8) is 0 Å². The SMILES string of the molecule is CCCC[C@H](NC(=O)[C@H](Cc1ccnc2ccccc12)CS(=O)(=O)CC)C(=O)N[C@@H](CC(C)C)[C@@H](O)CC(CC)C(=O)NCC(C)C. The van der Waals surface area contributed by atoms with Crippen molar-refractivity contribution in [1.29, 1.82) is 0 Å². The van der Waals surface area contributed by atoms with Crippen LogP contribution in [0.2, 0.25) is 0 Å². The minimum Gasteiger partial charge on any atom is -0.391 e. The van der Waals surface area contributed by atoms with Crippen LogP contribution in [0.5, 0.6) is 0 Å². The number of aliphatic hydroxyl groups is 1. The number of hydrogen-bond donors (Lipinski definition) is 4. The first-order valence-electron chi connectivity index (χ1n) is 17.3. The zero-order valence-electron chi connectivity index (χ0n) is 29.4. The summed E-state index contributed by atoms with van der Waals surface area (Å²) in [5, 5.41) is 21.0. The van der Waals surface area contributed by atoms with Gasteiger partial charge in [-0.3, -0.25) is 19.4 Å². The van der Waals surface area contributed by atoms with Crippen molar-refractivity contribution in [1.82, 2.24) is 20.9 Å². The van der Waals surface area contributed by atoms with Gasteiger partial charge in [-0.15, -0.1) is 0 Å². The zero-order valence-corrected chi connectivity index (χ0v) is 30.2. The van der Waals surface area contributed by atoms with Crippen LogP contribution in [0.25, 0.3) is 10.9 Å². The first-order valence-corrected chi connectivity index (χ1v) is 19.1. The van der Waals surface area contributed by atoms with Gasteiger partial charge in [0.05, 0.1) is 29.3 Å². The number of amides is 3.